The zero-order valence-corrected chi connectivity index (χ0v) is 6.29. The highest BCUT2D eigenvalue weighted by molar-refractivity contribution is 6.76. The first-order chi connectivity index (χ1) is 4.33. The second-order valence-corrected chi connectivity index (χ2v) is 2.91. The lowest BCUT2D eigenvalue weighted by Crippen LogP contribution is -2.33. The molecule has 0 radical (unpaired) electrons. The SMILES string of the molecule is CC(C)(C)OC(=O)B(O)O. The Labute approximate surface area is 60.0 Å². The normalized spacial score (nSPS) is 10.9. The van der Waals surface area contributed by atoms with Gasteiger partial charge in [-0.05, 0) is 20.8 Å². The molecular weight excluding hydrogens is 135 g/mol. The lowest BCUT2D eigenvalue weighted by Gasteiger charge is -2.18. The van der Waals surface area contributed by atoms with Crippen LogP contribution in [0.4, 0.5) is 4.79 Å². The van der Waals surface area contributed by atoms with E-state index in [1.54, 1.807) is 20.8 Å². The van der Waals surface area contributed by atoms with Gasteiger partial charge in [0, 0.05) is 0 Å². The first-order valence-electron chi connectivity index (χ1n) is 2.92. The predicted octanol–water partition coefficient (Wildman–Crippen LogP) is -0.0240. The minimum atomic E-state index is -2.03. The minimum Gasteiger partial charge on any atom is -0.463 e. The second kappa shape index (κ2) is 3.03. The van der Waals surface area contributed by atoms with E-state index in [4.69, 9.17) is 10.0 Å². The van der Waals surface area contributed by atoms with Crippen molar-refractivity contribution >= 4 is 13.0 Å². The van der Waals surface area contributed by atoms with Crippen LogP contribution in [0.25, 0.3) is 0 Å². The Balaban J connectivity index is 3.81. The highest BCUT2D eigenvalue weighted by Gasteiger charge is 2.26. The van der Waals surface area contributed by atoms with Crippen LogP contribution in [0.5, 0.6) is 0 Å². The molecule has 0 atom stereocenters. The standard InChI is InChI=1S/C5H11BO4/c1-5(2,3)10-4(7)6(8)9/h8-9H,1-3H3. The van der Waals surface area contributed by atoms with Gasteiger partial charge in [-0.3, -0.25) is 4.79 Å². The van der Waals surface area contributed by atoms with Gasteiger partial charge >= 0.3 is 13.0 Å². The summed E-state index contributed by atoms with van der Waals surface area (Å²) in [4.78, 5) is 10.4. The lowest BCUT2D eigenvalue weighted by atomic mass is 9.92. The molecule has 58 valence electrons. The molecule has 0 aliphatic carbocycles. The molecule has 0 aliphatic heterocycles. The zero-order chi connectivity index (χ0) is 8.36. The summed E-state index contributed by atoms with van der Waals surface area (Å²) in [6.07, 6.45) is 0. The van der Waals surface area contributed by atoms with Crippen molar-refractivity contribution in [3.63, 3.8) is 0 Å². The number of rotatable bonds is 1. The summed E-state index contributed by atoms with van der Waals surface area (Å²) in [7, 11) is -2.03. The first kappa shape index (κ1) is 9.45. The smallest absolute Gasteiger partial charge is 0.463 e. The van der Waals surface area contributed by atoms with Gasteiger partial charge < -0.3 is 14.8 Å². The van der Waals surface area contributed by atoms with Crippen molar-refractivity contribution in [2.24, 2.45) is 0 Å². The predicted molar refractivity (Wildman–Crippen MR) is 36.4 cm³/mol. The molecule has 5 heteroatoms. The van der Waals surface area contributed by atoms with Gasteiger partial charge in [0.25, 0.3) is 0 Å². The van der Waals surface area contributed by atoms with Crippen molar-refractivity contribution < 1.29 is 19.6 Å². The van der Waals surface area contributed by atoms with E-state index in [1.165, 1.54) is 0 Å². The Morgan fingerprint density at radius 2 is 1.80 bits per heavy atom. The molecule has 0 saturated heterocycles. The molecule has 0 amide bonds. The molecule has 0 fully saturated rings. The quantitative estimate of drug-likeness (QED) is 0.510. The van der Waals surface area contributed by atoms with Crippen LogP contribution in [-0.4, -0.2) is 28.6 Å². The summed E-state index contributed by atoms with van der Waals surface area (Å²) >= 11 is 0. The monoisotopic (exact) mass is 146 g/mol. The summed E-state index contributed by atoms with van der Waals surface area (Å²) in [5.74, 6) is -1.02. The van der Waals surface area contributed by atoms with Crippen LogP contribution in [0, 0.1) is 0 Å². The molecule has 0 aromatic heterocycles. The number of ether oxygens (including phenoxy) is 1. The molecule has 0 aromatic carbocycles. The highest BCUT2D eigenvalue weighted by atomic mass is 16.6. The average molecular weight is 146 g/mol. The summed E-state index contributed by atoms with van der Waals surface area (Å²) in [6.45, 7) is 4.94. The van der Waals surface area contributed by atoms with Gasteiger partial charge in [-0.1, -0.05) is 0 Å². The molecule has 10 heavy (non-hydrogen) atoms. The molecule has 0 bridgehead atoms. The van der Waals surface area contributed by atoms with Crippen molar-refractivity contribution in [3.8, 4) is 0 Å². The third kappa shape index (κ3) is 4.35. The van der Waals surface area contributed by atoms with Gasteiger partial charge in [0.15, 0.2) is 0 Å². The van der Waals surface area contributed by atoms with Crippen molar-refractivity contribution in [3.05, 3.63) is 0 Å². The second-order valence-electron chi connectivity index (χ2n) is 2.91. The largest absolute Gasteiger partial charge is 0.579 e. The van der Waals surface area contributed by atoms with Gasteiger partial charge in [0.1, 0.15) is 5.60 Å². The van der Waals surface area contributed by atoms with Crippen LogP contribution in [0.1, 0.15) is 20.8 Å². The van der Waals surface area contributed by atoms with Gasteiger partial charge in [-0.25, -0.2) is 0 Å². The minimum absolute atomic E-state index is 0.666. The van der Waals surface area contributed by atoms with E-state index in [2.05, 4.69) is 4.74 Å². The van der Waals surface area contributed by atoms with Crippen LogP contribution >= 0.6 is 0 Å². The number of carbonyl (C=O) groups excluding carboxylic acids is 1. The Bertz CT molecular complexity index is 126. The lowest BCUT2D eigenvalue weighted by molar-refractivity contribution is 0.0655. The Morgan fingerprint density at radius 1 is 1.40 bits per heavy atom. The summed E-state index contributed by atoms with van der Waals surface area (Å²) < 4.78 is 4.56. The first-order valence-corrected chi connectivity index (χ1v) is 2.92. The molecule has 0 aliphatic rings. The third-order valence-corrected chi connectivity index (χ3v) is 0.618. The topological polar surface area (TPSA) is 66.8 Å². The van der Waals surface area contributed by atoms with Crippen LogP contribution in [0.3, 0.4) is 0 Å². The van der Waals surface area contributed by atoms with Gasteiger partial charge in [0.2, 0.25) is 0 Å². The van der Waals surface area contributed by atoms with Crippen molar-refractivity contribution in [2.75, 3.05) is 0 Å². The molecule has 0 rings (SSSR count). The van der Waals surface area contributed by atoms with E-state index < -0.39 is 18.6 Å². The van der Waals surface area contributed by atoms with Crippen molar-refractivity contribution in [1.82, 2.24) is 0 Å². The molecule has 0 heterocycles. The Morgan fingerprint density at radius 3 is 1.90 bits per heavy atom. The Hall–Kier alpha value is -0.545. The highest BCUT2D eigenvalue weighted by Crippen LogP contribution is 2.07. The van der Waals surface area contributed by atoms with E-state index in [9.17, 15) is 4.79 Å². The number of hydrogen-bond acceptors (Lipinski definition) is 4. The molecule has 4 nitrogen and oxygen atoms in total. The van der Waals surface area contributed by atoms with E-state index in [0.717, 1.165) is 0 Å². The molecule has 0 spiro atoms. The summed E-state index contributed by atoms with van der Waals surface area (Å²) in [6, 6.07) is 0. The average Bonchev–Trinajstić information content (AvgIpc) is 1.60. The van der Waals surface area contributed by atoms with E-state index in [-0.39, 0.29) is 0 Å². The molecule has 0 saturated carbocycles. The zero-order valence-electron chi connectivity index (χ0n) is 6.29. The maximum atomic E-state index is 10.4. The van der Waals surface area contributed by atoms with Crippen LogP contribution < -0.4 is 0 Å². The maximum absolute atomic E-state index is 10.4. The van der Waals surface area contributed by atoms with Gasteiger partial charge in [-0.15, -0.1) is 0 Å². The van der Waals surface area contributed by atoms with Gasteiger partial charge in [-0.2, -0.15) is 0 Å². The number of hydrogen-bond donors (Lipinski definition) is 2. The molecular formula is C5H11BO4. The van der Waals surface area contributed by atoms with Gasteiger partial charge in [0.05, 0.1) is 0 Å². The van der Waals surface area contributed by atoms with Crippen molar-refractivity contribution in [1.29, 1.82) is 0 Å². The molecule has 2 N–H and O–H groups in total. The third-order valence-electron chi connectivity index (χ3n) is 0.618. The van der Waals surface area contributed by atoms with Crippen molar-refractivity contribution in [2.45, 2.75) is 26.4 Å². The fraction of sp³-hybridized carbons (Fsp3) is 0.800. The number of carbonyl (C=O) groups is 1. The maximum Gasteiger partial charge on any atom is 0.579 e. The fourth-order valence-electron chi connectivity index (χ4n) is 0.354. The van der Waals surface area contributed by atoms with E-state index >= 15 is 0 Å². The molecule has 0 unspecified atom stereocenters. The van der Waals surface area contributed by atoms with Crippen LogP contribution in [0.15, 0.2) is 0 Å². The molecule has 0 aromatic rings. The van der Waals surface area contributed by atoms with E-state index in [1.807, 2.05) is 0 Å². The van der Waals surface area contributed by atoms with Crippen LogP contribution in [-0.2, 0) is 4.74 Å². The fourth-order valence-corrected chi connectivity index (χ4v) is 0.354. The van der Waals surface area contributed by atoms with Crippen LogP contribution in [0.2, 0.25) is 0 Å². The Kier molecular flexibility index (Phi) is 2.86. The summed E-state index contributed by atoms with van der Waals surface area (Å²) in [5.41, 5.74) is -0.666. The van der Waals surface area contributed by atoms with E-state index in [0.29, 0.717) is 0 Å². The summed E-state index contributed by atoms with van der Waals surface area (Å²) in [5, 5.41) is 16.5.